The van der Waals surface area contributed by atoms with E-state index in [1.807, 2.05) is 32.0 Å². The molecule has 1 unspecified atom stereocenters. The summed E-state index contributed by atoms with van der Waals surface area (Å²) in [5.74, 6) is -0.0862. The number of piperidine rings is 1. The van der Waals surface area contributed by atoms with Crippen molar-refractivity contribution in [2.75, 3.05) is 13.1 Å². The van der Waals surface area contributed by atoms with Gasteiger partial charge in [-0.25, -0.2) is 13.4 Å². The largest absolute Gasteiger partial charge is 0.344 e. The summed E-state index contributed by atoms with van der Waals surface area (Å²) in [6.45, 7) is 4.61. The van der Waals surface area contributed by atoms with Crippen molar-refractivity contribution in [1.82, 2.24) is 14.6 Å². The Morgan fingerprint density at radius 1 is 1.08 bits per heavy atom. The summed E-state index contributed by atoms with van der Waals surface area (Å²) in [5, 5.41) is 8.46. The summed E-state index contributed by atoms with van der Waals surface area (Å²) in [6, 6.07) is 19.0. The molecule has 1 atom stereocenters. The number of carbonyl (C=O) groups excluding carboxylic acids is 1. The van der Waals surface area contributed by atoms with E-state index in [0.29, 0.717) is 36.6 Å². The average molecular weight is 554 g/mol. The van der Waals surface area contributed by atoms with Gasteiger partial charge in [-0.3, -0.25) is 4.79 Å². The predicted molar refractivity (Wildman–Crippen MR) is 149 cm³/mol. The zero-order valence-electron chi connectivity index (χ0n) is 20.6. The van der Waals surface area contributed by atoms with Crippen molar-refractivity contribution in [2.45, 2.75) is 43.5 Å². The molecule has 0 bridgehead atoms. The number of halogens is 1. The normalized spacial score (nSPS) is 16.1. The van der Waals surface area contributed by atoms with Gasteiger partial charge < -0.3 is 5.32 Å². The summed E-state index contributed by atoms with van der Waals surface area (Å²) in [7, 11) is -3.60. The molecule has 3 aromatic carbocycles. The Hall–Kier alpha value is -2.78. The van der Waals surface area contributed by atoms with Crippen LogP contribution in [0.3, 0.4) is 0 Å². The first-order valence-electron chi connectivity index (χ1n) is 12.2. The Kier molecular flexibility index (Phi) is 7.36. The number of thiazole rings is 1. The third-order valence-corrected chi connectivity index (χ3v) is 10.3. The molecule has 1 amide bonds. The van der Waals surface area contributed by atoms with Gasteiger partial charge in [0.15, 0.2) is 0 Å². The van der Waals surface area contributed by atoms with Gasteiger partial charge in [0.1, 0.15) is 5.69 Å². The van der Waals surface area contributed by atoms with Crippen LogP contribution in [0.1, 0.15) is 58.3 Å². The molecule has 5 rings (SSSR count). The topological polar surface area (TPSA) is 79.4 Å². The molecule has 37 heavy (non-hydrogen) atoms. The average Bonchev–Trinajstić information content (AvgIpc) is 3.40. The second-order valence-corrected chi connectivity index (χ2v) is 12.7. The van der Waals surface area contributed by atoms with Crippen LogP contribution in [0.5, 0.6) is 0 Å². The number of aryl methyl sites for hydroxylation is 1. The van der Waals surface area contributed by atoms with Crippen LogP contribution in [-0.2, 0) is 10.0 Å². The van der Waals surface area contributed by atoms with Gasteiger partial charge in [0, 0.05) is 29.4 Å². The molecule has 1 aliphatic heterocycles. The van der Waals surface area contributed by atoms with Crippen molar-refractivity contribution in [3.8, 4) is 0 Å². The Balaban J connectivity index is 1.21. The number of nitrogens with zero attached hydrogens (tertiary/aromatic N) is 2. The first kappa shape index (κ1) is 25.9. The number of carbonyl (C=O) groups is 1. The second-order valence-electron chi connectivity index (χ2n) is 9.46. The Labute approximate surface area is 226 Å². The fourth-order valence-corrected chi connectivity index (χ4v) is 7.35. The minimum atomic E-state index is -3.60. The number of hydrogen-bond acceptors (Lipinski definition) is 5. The van der Waals surface area contributed by atoms with Crippen LogP contribution in [0.15, 0.2) is 70.9 Å². The first-order valence-corrected chi connectivity index (χ1v) is 14.9. The number of benzene rings is 3. The van der Waals surface area contributed by atoms with E-state index in [1.165, 1.54) is 21.7 Å². The van der Waals surface area contributed by atoms with E-state index in [9.17, 15) is 13.2 Å². The lowest BCUT2D eigenvalue weighted by molar-refractivity contribution is 0.0935. The van der Waals surface area contributed by atoms with Crippen molar-refractivity contribution >= 4 is 49.6 Å². The quantitative estimate of drug-likeness (QED) is 0.303. The molecule has 1 aromatic heterocycles. The minimum Gasteiger partial charge on any atom is -0.344 e. The highest BCUT2D eigenvalue weighted by Gasteiger charge is 2.31. The summed E-state index contributed by atoms with van der Waals surface area (Å²) in [5.41, 5.74) is 2.28. The fourth-order valence-electron chi connectivity index (χ4n) is 4.64. The van der Waals surface area contributed by atoms with Gasteiger partial charge in [0.2, 0.25) is 10.0 Å². The van der Waals surface area contributed by atoms with Crippen molar-refractivity contribution < 1.29 is 13.2 Å². The van der Waals surface area contributed by atoms with Crippen LogP contribution >= 0.6 is 22.9 Å². The number of sulfonamides is 1. The number of hydrogen-bond donors (Lipinski definition) is 1. The maximum absolute atomic E-state index is 13.1. The maximum atomic E-state index is 13.1. The number of nitrogens with one attached hydrogen (secondary N) is 1. The summed E-state index contributed by atoms with van der Waals surface area (Å²) >= 11 is 7.62. The minimum absolute atomic E-state index is 0.123. The molecule has 1 fully saturated rings. The molecule has 1 aliphatic rings. The van der Waals surface area contributed by atoms with E-state index < -0.39 is 10.0 Å². The van der Waals surface area contributed by atoms with Crippen molar-refractivity contribution in [3.63, 3.8) is 0 Å². The van der Waals surface area contributed by atoms with Crippen molar-refractivity contribution in [2.24, 2.45) is 0 Å². The second kappa shape index (κ2) is 10.5. The van der Waals surface area contributed by atoms with E-state index >= 15 is 0 Å². The van der Waals surface area contributed by atoms with Crippen LogP contribution in [0.2, 0.25) is 5.02 Å². The van der Waals surface area contributed by atoms with Crippen molar-refractivity contribution in [3.05, 3.63) is 92.9 Å². The smallest absolute Gasteiger partial charge is 0.271 e. The molecular formula is C28H28ClN3O3S2. The monoisotopic (exact) mass is 553 g/mol. The number of amides is 1. The molecule has 0 saturated carbocycles. The zero-order chi connectivity index (χ0) is 26.2. The highest BCUT2D eigenvalue weighted by molar-refractivity contribution is 7.89. The van der Waals surface area contributed by atoms with Gasteiger partial charge in [-0.15, -0.1) is 11.3 Å². The summed E-state index contributed by atoms with van der Waals surface area (Å²) < 4.78 is 27.7. The van der Waals surface area contributed by atoms with E-state index in [0.717, 1.165) is 26.9 Å². The lowest BCUT2D eigenvalue weighted by Crippen LogP contribution is -2.37. The lowest BCUT2D eigenvalue weighted by atomic mass is 9.99. The Morgan fingerprint density at radius 2 is 1.81 bits per heavy atom. The molecule has 6 nitrogen and oxygen atoms in total. The van der Waals surface area contributed by atoms with E-state index in [-0.39, 0.29) is 22.8 Å². The molecule has 1 saturated heterocycles. The molecule has 9 heteroatoms. The standard InChI is InChI=1S/C28H28ClN3O3S2/c1-18-7-10-24(16-25(18)29)37(34,35)32-13-11-21(12-14-32)28-31-26(17-36-28)27(33)30-19(2)22-9-8-20-5-3-4-6-23(20)15-22/h3-10,15-17,19,21H,11-14H2,1-2H3,(H,30,33). The van der Waals surface area contributed by atoms with Crippen LogP contribution in [0.25, 0.3) is 10.8 Å². The molecule has 0 radical (unpaired) electrons. The highest BCUT2D eigenvalue weighted by Crippen LogP contribution is 2.33. The van der Waals surface area contributed by atoms with Gasteiger partial charge >= 0.3 is 0 Å². The summed E-state index contributed by atoms with van der Waals surface area (Å²) in [4.78, 5) is 17.8. The Morgan fingerprint density at radius 3 is 2.54 bits per heavy atom. The van der Waals surface area contributed by atoms with Gasteiger partial charge in [0.25, 0.3) is 5.91 Å². The van der Waals surface area contributed by atoms with Gasteiger partial charge in [-0.05, 0) is 66.8 Å². The first-order chi connectivity index (χ1) is 17.7. The van der Waals surface area contributed by atoms with Crippen molar-refractivity contribution in [1.29, 1.82) is 0 Å². The van der Waals surface area contributed by atoms with Gasteiger partial charge in [-0.1, -0.05) is 54.1 Å². The van der Waals surface area contributed by atoms with Crippen LogP contribution in [0.4, 0.5) is 0 Å². The molecule has 192 valence electrons. The molecule has 0 aliphatic carbocycles. The third kappa shape index (κ3) is 5.43. The van der Waals surface area contributed by atoms with Crippen LogP contribution in [0, 0.1) is 6.92 Å². The van der Waals surface area contributed by atoms with E-state index in [4.69, 9.17) is 11.6 Å². The molecule has 1 N–H and O–H groups in total. The SMILES string of the molecule is Cc1ccc(S(=O)(=O)N2CCC(c3nc(C(=O)NC(C)c4ccc5ccccc5c4)cs3)CC2)cc1Cl. The summed E-state index contributed by atoms with van der Waals surface area (Å²) in [6.07, 6.45) is 1.31. The maximum Gasteiger partial charge on any atom is 0.271 e. The third-order valence-electron chi connectivity index (χ3n) is 6.96. The molecular weight excluding hydrogens is 526 g/mol. The highest BCUT2D eigenvalue weighted by atomic mass is 35.5. The fraction of sp³-hybridized carbons (Fsp3) is 0.286. The van der Waals surface area contributed by atoms with Crippen LogP contribution in [-0.4, -0.2) is 36.7 Å². The zero-order valence-corrected chi connectivity index (χ0v) is 23.0. The predicted octanol–water partition coefficient (Wildman–Crippen LogP) is 6.32. The van der Waals surface area contributed by atoms with E-state index in [2.05, 4.69) is 34.6 Å². The number of fused-ring (bicyclic) bond motifs is 1. The van der Waals surface area contributed by atoms with Gasteiger partial charge in [-0.2, -0.15) is 4.31 Å². The lowest BCUT2D eigenvalue weighted by Gasteiger charge is -2.30. The molecule has 4 aromatic rings. The number of rotatable bonds is 6. The van der Waals surface area contributed by atoms with E-state index in [1.54, 1.807) is 17.5 Å². The van der Waals surface area contributed by atoms with Gasteiger partial charge in [0.05, 0.1) is 15.9 Å². The Bertz CT molecular complexity index is 1560. The molecule has 0 spiro atoms. The molecule has 2 heterocycles. The number of aromatic nitrogens is 1. The van der Waals surface area contributed by atoms with Crippen LogP contribution < -0.4 is 5.32 Å².